The number of nitrogens with zero attached hydrogens (tertiary/aromatic N) is 3. The van der Waals surface area contributed by atoms with Crippen LogP contribution in [0.25, 0.3) is 11.0 Å². The van der Waals surface area contributed by atoms with Gasteiger partial charge in [-0.2, -0.15) is 5.10 Å². The van der Waals surface area contributed by atoms with Gasteiger partial charge in [0, 0.05) is 12.6 Å². The average Bonchev–Trinajstić information content (AvgIpc) is 3.05. The zero-order chi connectivity index (χ0) is 18.1. The van der Waals surface area contributed by atoms with E-state index >= 15 is 0 Å². The maximum Gasteiger partial charge on any atom is 0.319 e. The van der Waals surface area contributed by atoms with Crippen LogP contribution in [0.1, 0.15) is 42.7 Å². The molecule has 0 aliphatic carbocycles. The van der Waals surface area contributed by atoms with Gasteiger partial charge in [0.1, 0.15) is 5.82 Å². The summed E-state index contributed by atoms with van der Waals surface area (Å²) < 4.78 is 1.92. The summed E-state index contributed by atoms with van der Waals surface area (Å²) in [6, 6.07) is 5.94. The standard InChI is InChI=1S/C18H24N6O/c1-10(2)24-12(4)17(11(3)23-24)22-18(25)19-9-14-6-7-15-16(8-14)21-13(5)20-15/h6-8,10H,9H2,1-5H3,(H,20,21)(H2,19,22,25). The molecule has 0 atom stereocenters. The zero-order valence-corrected chi connectivity index (χ0v) is 15.3. The summed E-state index contributed by atoms with van der Waals surface area (Å²) >= 11 is 0. The number of urea groups is 1. The molecular formula is C18H24N6O. The number of anilines is 1. The monoisotopic (exact) mass is 340 g/mol. The highest BCUT2D eigenvalue weighted by atomic mass is 16.2. The zero-order valence-electron chi connectivity index (χ0n) is 15.3. The number of H-pyrrole nitrogens is 1. The van der Waals surface area contributed by atoms with Crippen LogP contribution in [0.2, 0.25) is 0 Å². The Bertz CT molecular complexity index is 921. The number of fused-ring (bicyclic) bond motifs is 1. The third-order valence-electron chi connectivity index (χ3n) is 4.17. The second kappa shape index (κ2) is 6.58. The highest BCUT2D eigenvalue weighted by molar-refractivity contribution is 5.90. The first kappa shape index (κ1) is 17.0. The highest BCUT2D eigenvalue weighted by Gasteiger charge is 2.15. The maximum atomic E-state index is 12.3. The summed E-state index contributed by atoms with van der Waals surface area (Å²) in [6.07, 6.45) is 0. The second-order valence-corrected chi connectivity index (χ2v) is 6.57. The smallest absolute Gasteiger partial charge is 0.319 e. The molecule has 1 aromatic carbocycles. The summed E-state index contributed by atoms with van der Waals surface area (Å²) in [4.78, 5) is 19.8. The Balaban J connectivity index is 1.66. The molecule has 0 aliphatic rings. The molecule has 3 rings (SSSR count). The van der Waals surface area contributed by atoms with Crippen molar-refractivity contribution >= 4 is 22.8 Å². The van der Waals surface area contributed by atoms with Crippen LogP contribution < -0.4 is 10.6 Å². The van der Waals surface area contributed by atoms with Crippen LogP contribution in [0.15, 0.2) is 18.2 Å². The fraction of sp³-hybridized carbons (Fsp3) is 0.389. The number of hydrogen-bond donors (Lipinski definition) is 3. The number of aryl methyl sites for hydroxylation is 2. The van der Waals surface area contributed by atoms with Crippen LogP contribution in [0.4, 0.5) is 10.5 Å². The Morgan fingerprint density at radius 3 is 2.72 bits per heavy atom. The lowest BCUT2D eigenvalue weighted by molar-refractivity contribution is 0.251. The second-order valence-electron chi connectivity index (χ2n) is 6.57. The molecule has 0 bridgehead atoms. The summed E-state index contributed by atoms with van der Waals surface area (Å²) in [5.41, 5.74) is 5.45. The molecular weight excluding hydrogens is 316 g/mol. The van der Waals surface area contributed by atoms with Gasteiger partial charge in [-0.25, -0.2) is 9.78 Å². The van der Waals surface area contributed by atoms with E-state index in [-0.39, 0.29) is 12.1 Å². The number of imidazole rings is 1. The van der Waals surface area contributed by atoms with Gasteiger partial charge < -0.3 is 15.6 Å². The topological polar surface area (TPSA) is 87.6 Å². The normalized spacial score (nSPS) is 11.3. The predicted molar refractivity (Wildman–Crippen MR) is 98.8 cm³/mol. The summed E-state index contributed by atoms with van der Waals surface area (Å²) in [7, 11) is 0. The van der Waals surface area contributed by atoms with E-state index in [0.29, 0.717) is 6.54 Å². The van der Waals surface area contributed by atoms with Crippen molar-refractivity contribution in [3.05, 3.63) is 41.0 Å². The van der Waals surface area contributed by atoms with Crippen molar-refractivity contribution in [2.24, 2.45) is 0 Å². The van der Waals surface area contributed by atoms with E-state index in [9.17, 15) is 4.79 Å². The van der Waals surface area contributed by atoms with Crippen molar-refractivity contribution in [1.82, 2.24) is 25.1 Å². The molecule has 0 spiro atoms. The van der Waals surface area contributed by atoms with Crippen molar-refractivity contribution < 1.29 is 4.79 Å². The lowest BCUT2D eigenvalue weighted by atomic mass is 10.2. The van der Waals surface area contributed by atoms with Gasteiger partial charge in [-0.05, 0) is 52.3 Å². The van der Waals surface area contributed by atoms with E-state index in [2.05, 4.69) is 39.5 Å². The first-order valence-electron chi connectivity index (χ1n) is 8.41. The van der Waals surface area contributed by atoms with E-state index < -0.39 is 0 Å². The van der Waals surface area contributed by atoms with E-state index in [1.165, 1.54) is 0 Å². The highest BCUT2D eigenvalue weighted by Crippen LogP contribution is 2.22. The summed E-state index contributed by atoms with van der Waals surface area (Å²) in [6.45, 7) is 10.4. The number of amides is 2. The fourth-order valence-electron chi connectivity index (χ4n) is 2.98. The van der Waals surface area contributed by atoms with Crippen LogP contribution in [0.5, 0.6) is 0 Å². The Morgan fingerprint density at radius 1 is 1.28 bits per heavy atom. The number of carbonyl (C=O) groups excluding carboxylic acids is 1. The van der Waals surface area contributed by atoms with Crippen LogP contribution >= 0.6 is 0 Å². The van der Waals surface area contributed by atoms with Gasteiger partial charge in [-0.15, -0.1) is 0 Å². The molecule has 2 aromatic heterocycles. The van der Waals surface area contributed by atoms with Crippen molar-refractivity contribution in [3.8, 4) is 0 Å². The number of rotatable bonds is 4. The first-order valence-corrected chi connectivity index (χ1v) is 8.41. The summed E-state index contributed by atoms with van der Waals surface area (Å²) in [5, 5.41) is 10.3. The fourth-order valence-corrected chi connectivity index (χ4v) is 2.98. The molecule has 0 unspecified atom stereocenters. The maximum absolute atomic E-state index is 12.3. The minimum absolute atomic E-state index is 0.240. The van der Waals surface area contributed by atoms with Crippen molar-refractivity contribution in [1.29, 1.82) is 0 Å². The Hall–Kier alpha value is -2.83. The van der Waals surface area contributed by atoms with Crippen molar-refractivity contribution in [2.75, 3.05) is 5.32 Å². The molecule has 0 aliphatic heterocycles. The van der Waals surface area contributed by atoms with Crippen LogP contribution in [-0.4, -0.2) is 25.8 Å². The molecule has 0 saturated carbocycles. The third-order valence-corrected chi connectivity index (χ3v) is 4.17. The van der Waals surface area contributed by atoms with E-state index in [0.717, 1.165) is 39.5 Å². The Labute approximate surface area is 146 Å². The minimum atomic E-state index is -0.240. The molecule has 2 heterocycles. The minimum Gasteiger partial charge on any atom is -0.342 e. The number of aromatic nitrogens is 4. The molecule has 3 aromatic rings. The SMILES string of the molecule is Cc1nc2ccc(CNC(=O)Nc3c(C)nn(C(C)C)c3C)cc2[nH]1. The number of carbonyl (C=O) groups is 1. The van der Waals surface area contributed by atoms with Gasteiger partial charge in [0.15, 0.2) is 0 Å². The number of nitrogens with one attached hydrogen (secondary N) is 3. The molecule has 7 heteroatoms. The Morgan fingerprint density at radius 2 is 2.04 bits per heavy atom. The molecule has 132 valence electrons. The van der Waals surface area contributed by atoms with E-state index in [1.54, 1.807) is 0 Å². The number of aromatic amines is 1. The van der Waals surface area contributed by atoms with E-state index in [1.807, 2.05) is 43.7 Å². The van der Waals surface area contributed by atoms with Gasteiger partial charge in [0.25, 0.3) is 0 Å². The molecule has 7 nitrogen and oxygen atoms in total. The molecule has 0 fully saturated rings. The predicted octanol–water partition coefficient (Wildman–Crippen LogP) is 3.59. The van der Waals surface area contributed by atoms with Crippen LogP contribution in [0, 0.1) is 20.8 Å². The molecule has 0 saturated heterocycles. The van der Waals surface area contributed by atoms with Gasteiger partial charge in [-0.1, -0.05) is 6.07 Å². The van der Waals surface area contributed by atoms with Gasteiger partial charge in [-0.3, -0.25) is 4.68 Å². The largest absolute Gasteiger partial charge is 0.342 e. The number of benzene rings is 1. The quantitative estimate of drug-likeness (QED) is 0.678. The van der Waals surface area contributed by atoms with Gasteiger partial charge >= 0.3 is 6.03 Å². The molecule has 0 radical (unpaired) electrons. The van der Waals surface area contributed by atoms with Gasteiger partial charge in [0.2, 0.25) is 0 Å². The molecule has 25 heavy (non-hydrogen) atoms. The van der Waals surface area contributed by atoms with Gasteiger partial charge in [0.05, 0.1) is 28.1 Å². The van der Waals surface area contributed by atoms with Crippen molar-refractivity contribution in [3.63, 3.8) is 0 Å². The average molecular weight is 340 g/mol. The van der Waals surface area contributed by atoms with Crippen LogP contribution in [0.3, 0.4) is 0 Å². The van der Waals surface area contributed by atoms with Crippen molar-refractivity contribution in [2.45, 2.75) is 47.2 Å². The lowest BCUT2D eigenvalue weighted by Crippen LogP contribution is -2.28. The molecule has 3 N–H and O–H groups in total. The third kappa shape index (κ3) is 3.50. The molecule has 2 amide bonds. The number of hydrogen-bond acceptors (Lipinski definition) is 3. The lowest BCUT2D eigenvalue weighted by Gasteiger charge is -2.10. The summed E-state index contributed by atoms with van der Waals surface area (Å²) in [5.74, 6) is 0.881. The van der Waals surface area contributed by atoms with E-state index in [4.69, 9.17) is 0 Å². The van der Waals surface area contributed by atoms with Crippen LogP contribution in [-0.2, 0) is 6.54 Å². The first-order chi connectivity index (χ1) is 11.8. The Kier molecular flexibility index (Phi) is 4.48.